The van der Waals surface area contributed by atoms with E-state index in [1.54, 1.807) is 0 Å². The molecule has 4 nitrogen and oxygen atoms in total. The molecule has 4 rings (SSSR count). The van der Waals surface area contributed by atoms with Gasteiger partial charge in [-0.1, -0.05) is 6.07 Å². The normalized spacial score (nSPS) is 17.1. The number of pyridine rings is 1. The molecule has 1 amide bonds. The zero-order valence-corrected chi connectivity index (χ0v) is 12.7. The predicted octanol–water partition coefficient (Wildman–Crippen LogP) is 3.10. The molecule has 2 aromatic heterocycles. The van der Waals surface area contributed by atoms with Crippen LogP contribution in [0.2, 0.25) is 0 Å². The van der Waals surface area contributed by atoms with Crippen molar-refractivity contribution in [1.82, 2.24) is 15.3 Å². The summed E-state index contributed by atoms with van der Waals surface area (Å²) in [7, 11) is 0. The van der Waals surface area contributed by atoms with Gasteiger partial charge < -0.3 is 10.3 Å². The lowest BCUT2D eigenvalue weighted by Gasteiger charge is -2.15. The highest BCUT2D eigenvalue weighted by Crippen LogP contribution is 2.40. The van der Waals surface area contributed by atoms with Gasteiger partial charge in [-0.05, 0) is 62.1 Å². The molecule has 2 N–H and O–H groups in total. The van der Waals surface area contributed by atoms with Gasteiger partial charge in [0, 0.05) is 17.6 Å². The number of fused-ring (bicyclic) bond motifs is 1. The van der Waals surface area contributed by atoms with Crippen molar-refractivity contribution in [2.75, 3.05) is 0 Å². The topological polar surface area (TPSA) is 57.8 Å². The van der Waals surface area contributed by atoms with Crippen LogP contribution in [0.3, 0.4) is 0 Å². The van der Waals surface area contributed by atoms with E-state index < -0.39 is 0 Å². The fourth-order valence-electron chi connectivity index (χ4n) is 3.28. The monoisotopic (exact) mass is 295 g/mol. The summed E-state index contributed by atoms with van der Waals surface area (Å²) < 4.78 is 0. The van der Waals surface area contributed by atoms with Crippen molar-refractivity contribution >= 4 is 5.91 Å². The number of carbonyl (C=O) groups excluding carboxylic acids is 1. The number of aromatic amines is 1. The molecule has 0 unspecified atom stereocenters. The molecule has 1 saturated carbocycles. The first kappa shape index (κ1) is 13.6. The number of H-pyrrole nitrogens is 1. The first-order chi connectivity index (χ1) is 10.8. The van der Waals surface area contributed by atoms with Crippen molar-refractivity contribution in [1.29, 1.82) is 0 Å². The zero-order chi connectivity index (χ0) is 14.9. The standard InChI is InChI=1S/C18H21N3O/c22-18(15-9-10-19-17(15)13-5-6-13)20-11-14-8-7-12-3-1-2-4-16(12)21-14/h7-10,13,19H,1-6,11H2,(H,20,22). The van der Waals surface area contributed by atoms with Gasteiger partial charge in [0.2, 0.25) is 0 Å². The Bertz CT molecular complexity index is 700. The van der Waals surface area contributed by atoms with Crippen LogP contribution < -0.4 is 5.32 Å². The van der Waals surface area contributed by atoms with Gasteiger partial charge in [-0.3, -0.25) is 9.78 Å². The molecule has 0 radical (unpaired) electrons. The second-order valence-electron chi connectivity index (χ2n) is 6.38. The van der Waals surface area contributed by atoms with E-state index in [4.69, 9.17) is 4.98 Å². The van der Waals surface area contributed by atoms with Crippen molar-refractivity contribution in [3.05, 3.63) is 52.6 Å². The number of carbonyl (C=O) groups is 1. The Hall–Kier alpha value is -2.10. The van der Waals surface area contributed by atoms with E-state index in [-0.39, 0.29) is 5.91 Å². The SMILES string of the molecule is O=C(NCc1ccc2c(n1)CCCC2)c1cc[nH]c1C1CC1. The molecule has 2 aliphatic rings. The van der Waals surface area contributed by atoms with Crippen LogP contribution in [0.4, 0.5) is 0 Å². The van der Waals surface area contributed by atoms with E-state index in [1.165, 1.54) is 36.9 Å². The van der Waals surface area contributed by atoms with Crippen LogP contribution in [0.15, 0.2) is 24.4 Å². The van der Waals surface area contributed by atoms with Crippen molar-refractivity contribution in [3.63, 3.8) is 0 Å². The number of rotatable bonds is 4. The largest absolute Gasteiger partial charge is 0.364 e. The zero-order valence-electron chi connectivity index (χ0n) is 12.7. The number of aryl methyl sites for hydroxylation is 2. The minimum atomic E-state index is 0.00247. The molecule has 0 bridgehead atoms. The Balaban J connectivity index is 1.43. The van der Waals surface area contributed by atoms with Crippen LogP contribution in [0.5, 0.6) is 0 Å². The molecule has 2 heterocycles. The Morgan fingerprint density at radius 1 is 1.23 bits per heavy atom. The van der Waals surface area contributed by atoms with Crippen molar-refractivity contribution in [3.8, 4) is 0 Å². The molecule has 0 spiro atoms. The predicted molar refractivity (Wildman–Crippen MR) is 84.8 cm³/mol. The van der Waals surface area contributed by atoms with E-state index in [0.29, 0.717) is 12.5 Å². The van der Waals surface area contributed by atoms with E-state index >= 15 is 0 Å². The average molecular weight is 295 g/mol. The van der Waals surface area contributed by atoms with Crippen LogP contribution in [-0.4, -0.2) is 15.9 Å². The second kappa shape index (κ2) is 5.59. The van der Waals surface area contributed by atoms with Gasteiger partial charge in [0.05, 0.1) is 17.8 Å². The third-order valence-electron chi connectivity index (χ3n) is 4.68. The van der Waals surface area contributed by atoms with Crippen LogP contribution in [-0.2, 0) is 19.4 Å². The average Bonchev–Trinajstić information content (AvgIpc) is 3.29. The summed E-state index contributed by atoms with van der Waals surface area (Å²) in [6, 6.07) is 6.10. The van der Waals surface area contributed by atoms with Gasteiger partial charge in [-0.15, -0.1) is 0 Å². The highest BCUT2D eigenvalue weighted by molar-refractivity contribution is 5.95. The van der Waals surface area contributed by atoms with E-state index in [2.05, 4.69) is 16.4 Å². The second-order valence-corrected chi connectivity index (χ2v) is 6.38. The molecule has 2 aliphatic carbocycles. The van der Waals surface area contributed by atoms with Crippen molar-refractivity contribution < 1.29 is 4.79 Å². The molecule has 0 aliphatic heterocycles. The summed E-state index contributed by atoms with van der Waals surface area (Å²) >= 11 is 0. The number of amides is 1. The number of nitrogens with zero attached hydrogens (tertiary/aromatic N) is 1. The fraction of sp³-hybridized carbons (Fsp3) is 0.444. The molecule has 4 heteroatoms. The maximum Gasteiger partial charge on any atom is 0.253 e. The minimum Gasteiger partial charge on any atom is -0.364 e. The molecule has 0 atom stereocenters. The Morgan fingerprint density at radius 3 is 2.95 bits per heavy atom. The fourth-order valence-corrected chi connectivity index (χ4v) is 3.28. The molecular weight excluding hydrogens is 274 g/mol. The molecule has 0 saturated heterocycles. The summed E-state index contributed by atoms with van der Waals surface area (Å²) in [6.45, 7) is 0.501. The minimum absolute atomic E-state index is 0.00247. The molecule has 0 aromatic carbocycles. The smallest absolute Gasteiger partial charge is 0.253 e. The molecule has 1 fully saturated rings. The lowest BCUT2D eigenvalue weighted by atomic mass is 9.96. The maximum absolute atomic E-state index is 12.4. The summed E-state index contributed by atoms with van der Waals surface area (Å²) in [4.78, 5) is 20.3. The number of hydrogen-bond donors (Lipinski definition) is 2. The van der Waals surface area contributed by atoms with Crippen molar-refractivity contribution in [2.45, 2.75) is 51.0 Å². The van der Waals surface area contributed by atoms with Gasteiger partial charge >= 0.3 is 0 Å². The highest BCUT2D eigenvalue weighted by atomic mass is 16.1. The Kier molecular flexibility index (Phi) is 3.45. The van der Waals surface area contributed by atoms with Crippen LogP contribution in [0.25, 0.3) is 0 Å². The van der Waals surface area contributed by atoms with Crippen molar-refractivity contribution in [2.24, 2.45) is 0 Å². The van der Waals surface area contributed by atoms with E-state index in [1.807, 2.05) is 18.3 Å². The van der Waals surface area contributed by atoms with Crippen LogP contribution >= 0.6 is 0 Å². The summed E-state index contributed by atoms with van der Waals surface area (Å²) in [5.41, 5.74) is 5.44. The van der Waals surface area contributed by atoms with Gasteiger partial charge in [0.25, 0.3) is 5.91 Å². The van der Waals surface area contributed by atoms with E-state index in [0.717, 1.165) is 29.8 Å². The van der Waals surface area contributed by atoms with Crippen LogP contribution in [0.1, 0.15) is 64.6 Å². The molecule has 114 valence electrons. The quantitative estimate of drug-likeness (QED) is 0.910. The Morgan fingerprint density at radius 2 is 2.09 bits per heavy atom. The summed E-state index contributed by atoms with van der Waals surface area (Å²) in [6.07, 6.45) is 8.94. The van der Waals surface area contributed by atoms with Gasteiger partial charge in [-0.25, -0.2) is 0 Å². The number of aromatic nitrogens is 2. The molecular formula is C18H21N3O. The van der Waals surface area contributed by atoms with Gasteiger partial charge in [0.15, 0.2) is 0 Å². The van der Waals surface area contributed by atoms with Gasteiger partial charge in [-0.2, -0.15) is 0 Å². The molecule has 22 heavy (non-hydrogen) atoms. The third kappa shape index (κ3) is 2.65. The first-order valence-corrected chi connectivity index (χ1v) is 8.24. The lowest BCUT2D eigenvalue weighted by molar-refractivity contribution is 0.0949. The summed E-state index contributed by atoms with van der Waals surface area (Å²) in [5.74, 6) is 0.556. The number of hydrogen-bond acceptors (Lipinski definition) is 2. The maximum atomic E-state index is 12.4. The van der Waals surface area contributed by atoms with Gasteiger partial charge in [0.1, 0.15) is 0 Å². The molecule has 2 aromatic rings. The van der Waals surface area contributed by atoms with E-state index in [9.17, 15) is 4.79 Å². The third-order valence-corrected chi connectivity index (χ3v) is 4.68. The lowest BCUT2D eigenvalue weighted by Crippen LogP contribution is -2.24. The Labute approximate surface area is 130 Å². The highest BCUT2D eigenvalue weighted by Gasteiger charge is 2.29. The number of nitrogens with one attached hydrogen (secondary N) is 2. The first-order valence-electron chi connectivity index (χ1n) is 8.24. The van der Waals surface area contributed by atoms with Crippen LogP contribution in [0, 0.1) is 0 Å². The summed E-state index contributed by atoms with van der Waals surface area (Å²) in [5, 5.41) is 3.01.